The second-order valence-corrected chi connectivity index (χ2v) is 7.64. The largest absolute Gasteiger partial charge is 0.493 e. The lowest BCUT2D eigenvalue weighted by molar-refractivity contribution is 0.181. The monoisotopic (exact) mass is 405 g/mol. The molecular formula is C16H17Cl2NO5S. The number of methoxy groups -OCH3 is 2. The summed E-state index contributed by atoms with van der Waals surface area (Å²) in [5.74, 6) is 0.935. The third-order valence-electron chi connectivity index (χ3n) is 3.44. The molecule has 2 N–H and O–H groups in total. The van der Waals surface area contributed by atoms with Gasteiger partial charge in [-0.2, -0.15) is 0 Å². The van der Waals surface area contributed by atoms with Crippen molar-refractivity contribution >= 4 is 33.2 Å². The first-order valence-electron chi connectivity index (χ1n) is 7.13. The lowest BCUT2D eigenvalue weighted by Gasteiger charge is -2.15. The number of aliphatic hydroxyl groups is 1. The Morgan fingerprint density at radius 2 is 1.76 bits per heavy atom. The Morgan fingerprint density at radius 3 is 2.40 bits per heavy atom. The van der Waals surface area contributed by atoms with Gasteiger partial charge in [0.1, 0.15) is 4.90 Å². The van der Waals surface area contributed by atoms with Crippen molar-refractivity contribution in [1.29, 1.82) is 0 Å². The number of sulfonamides is 1. The molecule has 0 heterocycles. The minimum atomic E-state index is -3.93. The van der Waals surface area contributed by atoms with E-state index in [0.29, 0.717) is 17.1 Å². The van der Waals surface area contributed by atoms with Crippen LogP contribution in [0.4, 0.5) is 0 Å². The van der Waals surface area contributed by atoms with E-state index in [1.807, 2.05) is 0 Å². The molecule has 1 atom stereocenters. The molecule has 0 aliphatic carbocycles. The fraction of sp³-hybridized carbons (Fsp3) is 0.250. The average Bonchev–Trinajstić information content (AvgIpc) is 2.61. The van der Waals surface area contributed by atoms with E-state index in [0.717, 1.165) is 0 Å². The number of benzene rings is 2. The topological polar surface area (TPSA) is 84.9 Å². The molecular weight excluding hydrogens is 389 g/mol. The molecule has 0 saturated carbocycles. The Morgan fingerprint density at radius 1 is 1.08 bits per heavy atom. The SMILES string of the molecule is COc1ccc(C(O)CNS(=O)(=O)c2cc(Cl)ccc2Cl)cc1OC. The van der Waals surface area contributed by atoms with Gasteiger partial charge < -0.3 is 14.6 Å². The van der Waals surface area contributed by atoms with Crippen LogP contribution >= 0.6 is 23.2 Å². The summed E-state index contributed by atoms with van der Waals surface area (Å²) in [5, 5.41) is 10.5. The predicted octanol–water partition coefficient (Wildman–Crippen LogP) is 3.02. The Balaban J connectivity index is 2.16. The first-order chi connectivity index (χ1) is 11.8. The van der Waals surface area contributed by atoms with Gasteiger partial charge in [0.2, 0.25) is 10.0 Å². The fourth-order valence-electron chi connectivity index (χ4n) is 2.13. The molecule has 0 radical (unpaired) electrons. The number of nitrogens with one attached hydrogen (secondary N) is 1. The molecule has 1 unspecified atom stereocenters. The molecule has 0 aromatic heterocycles. The minimum absolute atomic E-state index is 0.0394. The van der Waals surface area contributed by atoms with Gasteiger partial charge in [0, 0.05) is 11.6 Å². The lowest BCUT2D eigenvalue weighted by atomic mass is 10.1. The number of ether oxygens (including phenoxy) is 2. The molecule has 2 aromatic carbocycles. The van der Waals surface area contributed by atoms with E-state index in [1.165, 1.54) is 32.4 Å². The second-order valence-electron chi connectivity index (χ2n) is 5.06. The Hall–Kier alpha value is -1.51. The van der Waals surface area contributed by atoms with Gasteiger partial charge in [-0.05, 0) is 35.9 Å². The maximum absolute atomic E-state index is 12.4. The van der Waals surface area contributed by atoms with Crippen LogP contribution in [0, 0.1) is 0 Å². The van der Waals surface area contributed by atoms with Crippen molar-refractivity contribution in [3.8, 4) is 11.5 Å². The van der Waals surface area contributed by atoms with Gasteiger partial charge in [-0.15, -0.1) is 0 Å². The Bertz CT molecular complexity index is 858. The van der Waals surface area contributed by atoms with Gasteiger partial charge in [-0.3, -0.25) is 0 Å². The molecule has 0 amide bonds. The van der Waals surface area contributed by atoms with Crippen LogP contribution in [0.2, 0.25) is 10.0 Å². The Kier molecular flexibility index (Phi) is 6.53. The number of hydrogen-bond donors (Lipinski definition) is 2. The van der Waals surface area contributed by atoms with Crippen LogP contribution in [0.15, 0.2) is 41.3 Å². The Labute approximate surface area is 156 Å². The summed E-state index contributed by atoms with van der Waals surface area (Å²) >= 11 is 11.7. The molecule has 136 valence electrons. The van der Waals surface area contributed by atoms with E-state index in [9.17, 15) is 13.5 Å². The quantitative estimate of drug-likeness (QED) is 0.739. The molecule has 0 aliphatic heterocycles. The van der Waals surface area contributed by atoms with Gasteiger partial charge >= 0.3 is 0 Å². The lowest BCUT2D eigenvalue weighted by Crippen LogP contribution is -2.28. The summed E-state index contributed by atoms with van der Waals surface area (Å²) < 4.78 is 37.3. The highest BCUT2D eigenvalue weighted by Crippen LogP contribution is 2.30. The summed E-state index contributed by atoms with van der Waals surface area (Å²) in [7, 11) is -0.960. The fourth-order valence-corrected chi connectivity index (χ4v) is 3.93. The number of hydrogen-bond acceptors (Lipinski definition) is 5. The zero-order valence-corrected chi connectivity index (χ0v) is 15.8. The normalized spacial score (nSPS) is 12.7. The van der Waals surface area contributed by atoms with Crippen molar-refractivity contribution in [3.63, 3.8) is 0 Å². The van der Waals surface area contributed by atoms with Crippen LogP contribution in [-0.4, -0.2) is 34.3 Å². The van der Waals surface area contributed by atoms with E-state index in [2.05, 4.69) is 4.72 Å². The van der Waals surface area contributed by atoms with Crippen LogP contribution in [0.5, 0.6) is 11.5 Å². The first-order valence-corrected chi connectivity index (χ1v) is 9.37. The van der Waals surface area contributed by atoms with Crippen molar-refractivity contribution in [2.75, 3.05) is 20.8 Å². The molecule has 6 nitrogen and oxygen atoms in total. The van der Waals surface area contributed by atoms with E-state index >= 15 is 0 Å². The summed E-state index contributed by atoms with van der Waals surface area (Å²) in [5.41, 5.74) is 0.470. The molecule has 2 rings (SSSR count). The van der Waals surface area contributed by atoms with Crippen molar-refractivity contribution in [2.24, 2.45) is 0 Å². The van der Waals surface area contributed by atoms with Gasteiger partial charge in [0.15, 0.2) is 11.5 Å². The van der Waals surface area contributed by atoms with Gasteiger partial charge in [0.25, 0.3) is 0 Å². The highest BCUT2D eigenvalue weighted by Gasteiger charge is 2.20. The summed E-state index contributed by atoms with van der Waals surface area (Å²) in [4.78, 5) is -0.152. The molecule has 25 heavy (non-hydrogen) atoms. The second kappa shape index (κ2) is 8.25. The summed E-state index contributed by atoms with van der Waals surface area (Å²) in [6.07, 6.45) is -1.09. The molecule has 0 spiro atoms. The van der Waals surface area contributed by atoms with Gasteiger partial charge in [0.05, 0.1) is 25.3 Å². The van der Waals surface area contributed by atoms with Crippen molar-refractivity contribution in [2.45, 2.75) is 11.0 Å². The van der Waals surface area contributed by atoms with Crippen LogP contribution in [-0.2, 0) is 10.0 Å². The molecule has 0 bridgehead atoms. The number of aliphatic hydroxyl groups excluding tert-OH is 1. The predicted molar refractivity (Wildman–Crippen MR) is 96.2 cm³/mol. The van der Waals surface area contributed by atoms with E-state index < -0.39 is 16.1 Å². The van der Waals surface area contributed by atoms with E-state index in [1.54, 1.807) is 18.2 Å². The average molecular weight is 406 g/mol. The zero-order valence-electron chi connectivity index (χ0n) is 13.5. The first kappa shape index (κ1) is 19.8. The summed E-state index contributed by atoms with van der Waals surface area (Å²) in [6.45, 7) is -0.249. The number of rotatable bonds is 7. The van der Waals surface area contributed by atoms with Crippen LogP contribution in [0.1, 0.15) is 11.7 Å². The van der Waals surface area contributed by atoms with Crippen LogP contribution < -0.4 is 14.2 Å². The van der Waals surface area contributed by atoms with Gasteiger partial charge in [-0.1, -0.05) is 29.3 Å². The zero-order chi connectivity index (χ0) is 18.6. The molecule has 0 fully saturated rings. The third kappa shape index (κ3) is 4.77. The molecule has 0 saturated heterocycles. The highest BCUT2D eigenvalue weighted by atomic mass is 35.5. The van der Waals surface area contributed by atoms with Crippen molar-refractivity contribution in [3.05, 3.63) is 52.0 Å². The van der Waals surface area contributed by atoms with E-state index in [4.69, 9.17) is 32.7 Å². The highest BCUT2D eigenvalue weighted by molar-refractivity contribution is 7.89. The molecule has 0 aliphatic rings. The standard InChI is InChI=1S/C16H17Cl2NO5S/c1-23-14-6-3-10(7-15(14)24-2)13(20)9-19-25(21,22)16-8-11(17)4-5-12(16)18/h3-8,13,19-20H,9H2,1-2H3. The third-order valence-corrected chi connectivity index (χ3v) is 5.58. The van der Waals surface area contributed by atoms with E-state index in [-0.39, 0.29) is 21.5 Å². The van der Waals surface area contributed by atoms with Crippen LogP contribution in [0.3, 0.4) is 0 Å². The minimum Gasteiger partial charge on any atom is -0.493 e. The number of halogens is 2. The van der Waals surface area contributed by atoms with Crippen LogP contribution in [0.25, 0.3) is 0 Å². The maximum atomic E-state index is 12.4. The molecule has 2 aromatic rings. The smallest absolute Gasteiger partial charge is 0.242 e. The van der Waals surface area contributed by atoms with Crippen molar-refractivity contribution < 1.29 is 23.0 Å². The maximum Gasteiger partial charge on any atom is 0.242 e. The van der Waals surface area contributed by atoms with Gasteiger partial charge in [-0.25, -0.2) is 13.1 Å². The van der Waals surface area contributed by atoms with Crippen molar-refractivity contribution in [1.82, 2.24) is 4.72 Å². The molecule has 9 heteroatoms. The summed E-state index contributed by atoms with van der Waals surface area (Å²) in [6, 6.07) is 8.94.